The van der Waals surface area contributed by atoms with E-state index in [4.69, 9.17) is 14.2 Å². The first kappa shape index (κ1) is 22.0. The van der Waals surface area contributed by atoms with Gasteiger partial charge in [-0.05, 0) is 42.7 Å². The fourth-order valence-corrected chi connectivity index (χ4v) is 4.21. The minimum atomic E-state index is -0.0978. The van der Waals surface area contributed by atoms with Gasteiger partial charge >= 0.3 is 0 Å². The first-order valence-electron chi connectivity index (χ1n) is 10.3. The maximum absolute atomic E-state index is 12.5. The van der Waals surface area contributed by atoms with E-state index < -0.39 is 0 Å². The molecular formula is C23H26N4O4S. The number of hydrogen-bond acceptors (Lipinski definition) is 7. The third-order valence-electron chi connectivity index (χ3n) is 5.16. The van der Waals surface area contributed by atoms with Crippen LogP contribution in [0.3, 0.4) is 0 Å². The van der Waals surface area contributed by atoms with Gasteiger partial charge in [0.15, 0.2) is 16.7 Å². The van der Waals surface area contributed by atoms with Crippen molar-refractivity contribution in [2.24, 2.45) is 0 Å². The molecule has 168 valence electrons. The molecule has 3 aromatic rings. The molecule has 0 atom stereocenters. The van der Waals surface area contributed by atoms with Crippen LogP contribution in [-0.2, 0) is 11.3 Å². The zero-order chi connectivity index (χ0) is 22.5. The number of thioether (sulfide) groups is 1. The van der Waals surface area contributed by atoms with E-state index in [0.29, 0.717) is 29.7 Å². The minimum absolute atomic E-state index is 0.0978. The highest BCUT2D eigenvalue weighted by atomic mass is 32.2. The van der Waals surface area contributed by atoms with Crippen LogP contribution >= 0.6 is 11.8 Å². The summed E-state index contributed by atoms with van der Waals surface area (Å²) in [5.74, 6) is 3.18. The molecule has 1 aliphatic carbocycles. The van der Waals surface area contributed by atoms with Crippen molar-refractivity contribution in [2.75, 3.05) is 27.1 Å². The Bertz CT molecular complexity index is 1060. The van der Waals surface area contributed by atoms with Gasteiger partial charge in [-0.3, -0.25) is 9.36 Å². The molecule has 2 aromatic carbocycles. The summed E-state index contributed by atoms with van der Waals surface area (Å²) in [5.41, 5.74) is 1.86. The van der Waals surface area contributed by atoms with Gasteiger partial charge in [-0.15, -0.1) is 10.2 Å². The SMILES string of the molecule is COc1cc(CNC(=O)CSc2nnc(C3CC3)n2-c2ccccc2)cc(OC)c1OC. The van der Waals surface area contributed by atoms with Gasteiger partial charge < -0.3 is 19.5 Å². The lowest BCUT2D eigenvalue weighted by atomic mass is 10.2. The molecule has 0 unspecified atom stereocenters. The van der Waals surface area contributed by atoms with Crippen molar-refractivity contribution >= 4 is 17.7 Å². The maximum atomic E-state index is 12.5. The number of ether oxygens (including phenoxy) is 3. The number of aromatic nitrogens is 3. The van der Waals surface area contributed by atoms with Gasteiger partial charge in [-0.25, -0.2) is 0 Å². The Morgan fingerprint density at radius 3 is 2.34 bits per heavy atom. The van der Waals surface area contributed by atoms with Crippen LogP contribution in [0, 0.1) is 0 Å². The molecule has 0 radical (unpaired) electrons. The van der Waals surface area contributed by atoms with Gasteiger partial charge in [-0.1, -0.05) is 30.0 Å². The molecule has 1 amide bonds. The third kappa shape index (κ3) is 4.83. The molecule has 1 fully saturated rings. The van der Waals surface area contributed by atoms with Crippen molar-refractivity contribution in [3.63, 3.8) is 0 Å². The summed E-state index contributed by atoms with van der Waals surface area (Å²) in [4.78, 5) is 12.5. The fourth-order valence-electron chi connectivity index (χ4n) is 3.42. The van der Waals surface area contributed by atoms with Crippen molar-refractivity contribution < 1.29 is 19.0 Å². The predicted octanol–water partition coefficient (Wildman–Crippen LogP) is 3.58. The molecule has 1 aromatic heterocycles. The van der Waals surface area contributed by atoms with Gasteiger partial charge in [0.2, 0.25) is 11.7 Å². The number of carbonyl (C=O) groups excluding carboxylic acids is 1. The molecule has 1 heterocycles. The summed E-state index contributed by atoms with van der Waals surface area (Å²) in [7, 11) is 4.69. The molecule has 1 saturated carbocycles. The number of nitrogens with zero attached hydrogens (tertiary/aromatic N) is 3. The molecule has 0 spiro atoms. The van der Waals surface area contributed by atoms with Crippen molar-refractivity contribution in [1.29, 1.82) is 0 Å². The third-order valence-corrected chi connectivity index (χ3v) is 6.09. The second-order valence-corrected chi connectivity index (χ2v) is 8.33. The summed E-state index contributed by atoms with van der Waals surface area (Å²) < 4.78 is 18.2. The van der Waals surface area contributed by atoms with Gasteiger partial charge in [0.25, 0.3) is 0 Å². The standard InChI is InChI=1S/C23H26N4O4S/c1-29-18-11-15(12-19(30-2)21(18)31-3)13-24-20(28)14-32-23-26-25-22(16-9-10-16)27(23)17-7-5-4-6-8-17/h4-8,11-12,16H,9-10,13-14H2,1-3H3,(H,24,28). The highest BCUT2D eigenvalue weighted by Crippen LogP contribution is 2.41. The number of methoxy groups -OCH3 is 3. The minimum Gasteiger partial charge on any atom is -0.493 e. The Morgan fingerprint density at radius 2 is 1.75 bits per heavy atom. The molecule has 32 heavy (non-hydrogen) atoms. The van der Waals surface area contributed by atoms with E-state index in [1.54, 1.807) is 21.3 Å². The van der Waals surface area contributed by atoms with Gasteiger partial charge in [-0.2, -0.15) is 0 Å². The van der Waals surface area contributed by atoms with Crippen LogP contribution in [0.15, 0.2) is 47.6 Å². The highest BCUT2D eigenvalue weighted by molar-refractivity contribution is 7.99. The molecule has 9 heteroatoms. The summed E-state index contributed by atoms with van der Waals surface area (Å²) in [6, 6.07) is 13.7. The zero-order valence-corrected chi connectivity index (χ0v) is 19.1. The van der Waals surface area contributed by atoms with Crippen LogP contribution in [0.4, 0.5) is 0 Å². The smallest absolute Gasteiger partial charge is 0.230 e. The lowest BCUT2D eigenvalue weighted by Crippen LogP contribution is -2.24. The lowest BCUT2D eigenvalue weighted by Gasteiger charge is -2.14. The zero-order valence-electron chi connectivity index (χ0n) is 18.3. The van der Waals surface area contributed by atoms with E-state index in [0.717, 1.165) is 35.1 Å². The number of benzene rings is 2. The van der Waals surface area contributed by atoms with E-state index >= 15 is 0 Å². The molecule has 8 nitrogen and oxygen atoms in total. The summed E-state index contributed by atoms with van der Waals surface area (Å²) in [6.07, 6.45) is 2.26. The Hall–Kier alpha value is -3.20. The number of carbonyl (C=O) groups is 1. The van der Waals surface area contributed by atoms with Crippen LogP contribution < -0.4 is 19.5 Å². The topological polar surface area (TPSA) is 87.5 Å². The van der Waals surface area contributed by atoms with Crippen LogP contribution in [-0.4, -0.2) is 47.8 Å². The second-order valence-electron chi connectivity index (χ2n) is 7.38. The molecule has 4 rings (SSSR count). The predicted molar refractivity (Wildman–Crippen MR) is 122 cm³/mol. The van der Waals surface area contributed by atoms with E-state index in [1.807, 2.05) is 42.5 Å². The van der Waals surface area contributed by atoms with E-state index in [1.165, 1.54) is 11.8 Å². The van der Waals surface area contributed by atoms with Crippen LogP contribution in [0.5, 0.6) is 17.2 Å². The average Bonchev–Trinajstić information content (AvgIpc) is 3.60. The highest BCUT2D eigenvalue weighted by Gasteiger charge is 2.31. The van der Waals surface area contributed by atoms with Crippen molar-refractivity contribution in [1.82, 2.24) is 20.1 Å². The molecule has 0 aliphatic heterocycles. The quantitative estimate of drug-likeness (QED) is 0.469. The Balaban J connectivity index is 1.41. The number of rotatable bonds is 10. The Morgan fingerprint density at radius 1 is 1.06 bits per heavy atom. The van der Waals surface area contributed by atoms with Gasteiger partial charge in [0.1, 0.15) is 5.82 Å². The largest absolute Gasteiger partial charge is 0.493 e. The molecule has 1 aliphatic rings. The summed E-state index contributed by atoms with van der Waals surface area (Å²) in [6.45, 7) is 0.342. The number of amides is 1. The van der Waals surface area contributed by atoms with Crippen LogP contribution in [0.25, 0.3) is 5.69 Å². The number of para-hydroxylation sites is 1. The summed E-state index contributed by atoms with van der Waals surface area (Å²) >= 11 is 1.38. The van der Waals surface area contributed by atoms with Gasteiger partial charge in [0, 0.05) is 18.2 Å². The normalized spacial score (nSPS) is 13.0. The van der Waals surface area contributed by atoms with E-state index in [-0.39, 0.29) is 11.7 Å². The molecule has 0 saturated heterocycles. The maximum Gasteiger partial charge on any atom is 0.230 e. The first-order valence-corrected chi connectivity index (χ1v) is 11.3. The molecule has 0 bridgehead atoms. The first-order chi connectivity index (χ1) is 15.6. The van der Waals surface area contributed by atoms with Crippen molar-refractivity contribution in [3.05, 3.63) is 53.9 Å². The van der Waals surface area contributed by atoms with Crippen molar-refractivity contribution in [2.45, 2.75) is 30.5 Å². The molecular weight excluding hydrogens is 428 g/mol. The lowest BCUT2D eigenvalue weighted by molar-refractivity contribution is -0.118. The van der Waals surface area contributed by atoms with Gasteiger partial charge in [0.05, 0.1) is 27.1 Å². The van der Waals surface area contributed by atoms with E-state index in [2.05, 4.69) is 20.1 Å². The average molecular weight is 455 g/mol. The van der Waals surface area contributed by atoms with Crippen molar-refractivity contribution in [3.8, 4) is 22.9 Å². The fraction of sp³-hybridized carbons (Fsp3) is 0.348. The molecule has 1 N–H and O–H groups in total. The Kier molecular flexibility index (Phi) is 6.84. The van der Waals surface area contributed by atoms with Crippen LogP contribution in [0.1, 0.15) is 30.1 Å². The second kappa shape index (κ2) is 9.95. The number of hydrogen-bond donors (Lipinski definition) is 1. The van der Waals surface area contributed by atoms with Crippen LogP contribution in [0.2, 0.25) is 0 Å². The van der Waals surface area contributed by atoms with E-state index in [9.17, 15) is 4.79 Å². The monoisotopic (exact) mass is 454 g/mol. The Labute approximate surface area is 191 Å². The summed E-state index contributed by atoms with van der Waals surface area (Å²) in [5, 5.41) is 12.4. The number of nitrogens with one attached hydrogen (secondary N) is 1.